The summed E-state index contributed by atoms with van der Waals surface area (Å²) in [4.78, 5) is 4.27. The lowest BCUT2D eigenvalue weighted by atomic mass is 10.2. The third-order valence-electron chi connectivity index (χ3n) is 3.98. The van der Waals surface area contributed by atoms with Crippen molar-refractivity contribution in [1.29, 1.82) is 0 Å². The van der Waals surface area contributed by atoms with E-state index < -0.39 is 10.0 Å². The van der Waals surface area contributed by atoms with E-state index in [0.29, 0.717) is 23.8 Å². The number of hydrogen-bond acceptors (Lipinski definition) is 6. The summed E-state index contributed by atoms with van der Waals surface area (Å²) in [6.45, 7) is 1.48. The summed E-state index contributed by atoms with van der Waals surface area (Å²) in [5.74, 6) is 1.07. The van der Waals surface area contributed by atoms with Crippen LogP contribution in [0.5, 0.6) is 5.75 Å². The maximum absolute atomic E-state index is 12.5. The van der Waals surface area contributed by atoms with Gasteiger partial charge in [0.25, 0.3) is 10.0 Å². The number of pyridine rings is 1. The minimum Gasteiger partial charge on any atom is -0.495 e. The lowest BCUT2D eigenvalue weighted by molar-refractivity contribution is 0.120. The Morgan fingerprint density at radius 1 is 1.35 bits per heavy atom. The van der Waals surface area contributed by atoms with Gasteiger partial charge in [-0.1, -0.05) is 11.6 Å². The van der Waals surface area contributed by atoms with Gasteiger partial charge in [0, 0.05) is 13.2 Å². The molecule has 2 aromatic rings. The Morgan fingerprint density at radius 3 is 2.81 bits per heavy atom. The number of rotatable bonds is 7. The fourth-order valence-corrected chi connectivity index (χ4v) is 4.00. The third-order valence-corrected chi connectivity index (χ3v) is 5.66. The summed E-state index contributed by atoms with van der Waals surface area (Å²) >= 11 is 6.00. The monoisotopic (exact) mass is 397 g/mol. The zero-order valence-corrected chi connectivity index (χ0v) is 15.8. The standard InChI is InChI=1S/C17H20ClN3O4S/c1-24-16-6-5-14(9-15(16)18)26(22,23)21-12-4-7-17(19-10-12)20-11-13-3-2-8-25-13/h4-7,9-10,13,21H,2-3,8,11H2,1H3,(H,19,20). The van der Waals surface area contributed by atoms with E-state index in [2.05, 4.69) is 15.0 Å². The van der Waals surface area contributed by atoms with Crippen LogP contribution in [0.25, 0.3) is 0 Å². The van der Waals surface area contributed by atoms with Crippen molar-refractivity contribution in [3.8, 4) is 5.75 Å². The van der Waals surface area contributed by atoms with Crippen LogP contribution in [-0.2, 0) is 14.8 Å². The molecule has 0 amide bonds. The van der Waals surface area contributed by atoms with E-state index >= 15 is 0 Å². The molecule has 2 N–H and O–H groups in total. The first-order valence-electron chi connectivity index (χ1n) is 8.16. The van der Waals surface area contributed by atoms with E-state index in [0.717, 1.165) is 19.4 Å². The molecule has 26 heavy (non-hydrogen) atoms. The van der Waals surface area contributed by atoms with Gasteiger partial charge in [-0.15, -0.1) is 0 Å². The number of ether oxygens (including phenoxy) is 2. The lowest BCUT2D eigenvalue weighted by Gasteiger charge is -2.12. The van der Waals surface area contributed by atoms with E-state index in [4.69, 9.17) is 21.1 Å². The molecule has 140 valence electrons. The average Bonchev–Trinajstić information content (AvgIpc) is 3.14. The number of hydrogen-bond donors (Lipinski definition) is 2. The second-order valence-corrected chi connectivity index (χ2v) is 7.94. The number of nitrogens with one attached hydrogen (secondary N) is 2. The van der Waals surface area contributed by atoms with E-state index in [1.54, 1.807) is 12.1 Å². The Kier molecular flexibility index (Phi) is 5.85. The van der Waals surface area contributed by atoms with Gasteiger partial charge in [-0.25, -0.2) is 13.4 Å². The van der Waals surface area contributed by atoms with Crippen molar-refractivity contribution in [3.05, 3.63) is 41.6 Å². The summed E-state index contributed by atoms with van der Waals surface area (Å²) in [5.41, 5.74) is 0.361. The fraction of sp³-hybridized carbons (Fsp3) is 0.353. The quantitative estimate of drug-likeness (QED) is 0.746. The van der Waals surface area contributed by atoms with Crippen LogP contribution in [0.3, 0.4) is 0 Å². The van der Waals surface area contributed by atoms with Crippen molar-refractivity contribution in [2.45, 2.75) is 23.8 Å². The maximum Gasteiger partial charge on any atom is 0.261 e. The number of anilines is 2. The van der Waals surface area contributed by atoms with Gasteiger partial charge >= 0.3 is 0 Å². The Morgan fingerprint density at radius 2 is 2.19 bits per heavy atom. The van der Waals surface area contributed by atoms with Crippen molar-refractivity contribution in [2.75, 3.05) is 30.3 Å². The predicted molar refractivity (Wildman–Crippen MR) is 101 cm³/mol. The van der Waals surface area contributed by atoms with Gasteiger partial charge in [0.15, 0.2) is 0 Å². The van der Waals surface area contributed by atoms with Crippen LogP contribution in [0.2, 0.25) is 5.02 Å². The SMILES string of the molecule is COc1ccc(S(=O)(=O)Nc2ccc(NCC3CCCO3)nc2)cc1Cl. The van der Waals surface area contributed by atoms with E-state index in [9.17, 15) is 8.42 Å². The molecule has 2 heterocycles. The molecule has 1 atom stereocenters. The number of benzene rings is 1. The molecular formula is C17H20ClN3O4S. The van der Waals surface area contributed by atoms with Gasteiger partial charge in [0.1, 0.15) is 11.6 Å². The van der Waals surface area contributed by atoms with Crippen molar-refractivity contribution < 1.29 is 17.9 Å². The zero-order valence-electron chi connectivity index (χ0n) is 14.2. The predicted octanol–water partition coefficient (Wildman–Crippen LogP) is 3.14. The molecule has 0 saturated carbocycles. The molecule has 1 aromatic carbocycles. The average molecular weight is 398 g/mol. The highest BCUT2D eigenvalue weighted by Gasteiger charge is 2.17. The topological polar surface area (TPSA) is 89.6 Å². The molecule has 0 aliphatic carbocycles. The summed E-state index contributed by atoms with van der Waals surface area (Å²) in [7, 11) is -2.30. The van der Waals surface area contributed by atoms with E-state index in [-0.39, 0.29) is 16.0 Å². The summed E-state index contributed by atoms with van der Waals surface area (Å²) in [6, 6.07) is 7.64. The minimum atomic E-state index is -3.77. The molecule has 1 aromatic heterocycles. The number of sulfonamides is 1. The van der Waals surface area contributed by atoms with Crippen molar-refractivity contribution in [2.24, 2.45) is 0 Å². The Hall–Kier alpha value is -2.03. The molecule has 0 spiro atoms. The molecule has 9 heteroatoms. The number of methoxy groups -OCH3 is 1. The first kappa shape index (κ1) is 18.8. The fourth-order valence-electron chi connectivity index (χ4n) is 2.61. The second-order valence-electron chi connectivity index (χ2n) is 5.85. The number of aromatic nitrogens is 1. The molecule has 1 aliphatic heterocycles. The Labute approximate surface area is 157 Å². The van der Waals surface area contributed by atoms with Crippen LogP contribution >= 0.6 is 11.6 Å². The van der Waals surface area contributed by atoms with Gasteiger partial charge in [0.05, 0.1) is 35.0 Å². The first-order chi connectivity index (χ1) is 12.5. The van der Waals surface area contributed by atoms with Gasteiger partial charge in [0.2, 0.25) is 0 Å². The zero-order chi connectivity index (χ0) is 18.6. The molecule has 1 fully saturated rings. The van der Waals surface area contributed by atoms with Crippen molar-refractivity contribution in [1.82, 2.24) is 4.98 Å². The minimum absolute atomic E-state index is 0.0453. The molecule has 0 radical (unpaired) electrons. The van der Waals surface area contributed by atoms with Crippen LogP contribution in [0.15, 0.2) is 41.4 Å². The molecule has 1 saturated heterocycles. The largest absolute Gasteiger partial charge is 0.495 e. The summed E-state index contributed by atoms with van der Waals surface area (Å²) < 4.78 is 38.0. The molecule has 3 rings (SSSR count). The van der Waals surface area contributed by atoms with Gasteiger partial charge in [-0.05, 0) is 43.2 Å². The third kappa shape index (κ3) is 4.57. The highest BCUT2D eigenvalue weighted by Crippen LogP contribution is 2.28. The molecule has 0 bridgehead atoms. The summed E-state index contributed by atoms with van der Waals surface area (Å²) in [6.07, 6.45) is 3.78. The summed E-state index contributed by atoms with van der Waals surface area (Å²) in [5, 5.41) is 3.41. The van der Waals surface area contributed by atoms with Gasteiger partial charge in [-0.2, -0.15) is 0 Å². The normalized spacial score (nSPS) is 17.1. The number of halogens is 1. The number of nitrogens with zero attached hydrogens (tertiary/aromatic N) is 1. The second kappa shape index (κ2) is 8.11. The lowest BCUT2D eigenvalue weighted by Crippen LogP contribution is -2.19. The van der Waals surface area contributed by atoms with Gasteiger partial charge < -0.3 is 14.8 Å². The van der Waals surface area contributed by atoms with E-state index in [1.807, 2.05) is 0 Å². The molecule has 1 aliphatic rings. The van der Waals surface area contributed by atoms with E-state index in [1.165, 1.54) is 31.5 Å². The maximum atomic E-state index is 12.5. The van der Waals surface area contributed by atoms with Gasteiger partial charge in [-0.3, -0.25) is 4.72 Å². The van der Waals surface area contributed by atoms with Crippen molar-refractivity contribution >= 4 is 33.1 Å². The highest BCUT2D eigenvalue weighted by molar-refractivity contribution is 7.92. The van der Waals surface area contributed by atoms with Crippen LogP contribution < -0.4 is 14.8 Å². The Balaban J connectivity index is 1.64. The smallest absolute Gasteiger partial charge is 0.261 e. The van der Waals surface area contributed by atoms with Crippen LogP contribution in [0.1, 0.15) is 12.8 Å². The van der Waals surface area contributed by atoms with Crippen LogP contribution in [0, 0.1) is 0 Å². The van der Waals surface area contributed by atoms with Crippen molar-refractivity contribution in [3.63, 3.8) is 0 Å². The van der Waals surface area contributed by atoms with Crippen LogP contribution in [-0.4, -0.2) is 39.8 Å². The molecular weight excluding hydrogens is 378 g/mol. The molecule has 7 nitrogen and oxygen atoms in total. The van der Waals surface area contributed by atoms with Crippen LogP contribution in [0.4, 0.5) is 11.5 Å². The molecule has 1 unspecified atom stereocenters. The highest BCUT2D eigenvalue weighted by atomic mass is 35.5. The Bertz CT molecular complexity index is 853. The first-order valence-corrected chi connectivity index (χ1v) is 10.0.